The monoisotopic (exact) mass is 305 g/mol. The Balaban J connectivity index is 3.40. The zero-order valence-corrected chi connectivity index (χ0v) is 17.4. The van der Waals surface area contributed by atoms with Gasteiger partial charge in [0.2, 0.25) is 0 Å². The van der Waals surface area contributed by atoms with Crippen LogP contribution >= 0.6 is 0 Å². The van der Waals surface area contributed by atoms with Gasteiger partial charge in [-0.05, 0) is 34.1 Å². The highest BCUT2D eigenvalue weighted by molar-refractivity contribution is 7.83. The smallest absolute Gasteiger partial charge is 0.171 e. The van der Waals surface area contributed by atoms with Crippen molar-refractivity contribution < 1.29 is 4.43 Å². The fourth-order valence-corrected chi connectivity index (χ4v) is 73.4. The van der Waals surface area contributed by atoms with E-state index in [4.69, 9.17) is 4.43 Å². The maximum atomic E-state index is 6.66. The van der Waals surface area contributed by atoms with Gasteiger partial charge in [-0.1, -0.05) is 32.7 Å². The summed E-state index contributed by atoms with van der Waals surface area (Å²) in [5.41, 5.74) is 0.515. The van der Waals surface area contributed by atoms with Gasteiger partial charge in [-0.2, -0.15) is 0 Å². The molecule has 1 heterocycles. The van der Waals surface area contributed by atoms with Crippen molar-refractivity contribution in [3.05, 3.63) is 0 Å². The van der Waals surface area contributed by atoms with Gasteiger partial charge in [-0.15, -0.1) is 0 Å². The molecule has 1 rings (SSSR count). The number of hydrogen-bond donors (Lipinski definition) is 0. The lowest BCUT2D eigenvalue weighted by Crippen LogP contribution is -2.91. The normalized spacial score (nSPS) is 39.4. The van der Waals surface area contributed by atoms with Crippen LogP contribution < -0.4 is 0 Å². The van der Waals surface area contributed by atoms with Gasteiger partial charge in [0.05, 0.1) is 14.2 Å². The van der Waals surface area contributed by atoms with Crippen LogP contribution in [0.4, 0.5) is 0 Å². The van der Waals surface area contributed by atoms with E-state index in [2.05, 4.69) is 71.4 Å². The van der Waals surface area contributed by atoms with Gasteiger partial charge in [0.15, 0.2) is 7.83 Å². The molecule has 0 saturated carbocycles. The number of hydrogen-bond acceptors (Lipinski definition) is 2. The van der Waals surface area contributed by atoms with Crippen molar-refractivity contribution in [1.82, 2.24) is 4.57 Å². The molecule has 0 N–H and O–H groups in total. The number of rotatable bonds is 1. The van der Waals surface area contributed by atoms with E-state index in [1.165, 1.54) is 0 Å². The minimum atomic E-state index is -1.44. The van der Waals surface area contributed by atoms with Gasteiger partial charge >= 0.3 is 0 Å². The lowest BCUT2D eigenvalue weighted by molar-refractivity contribution is 0.276. The van der Waals surface area contributed by atoms with Crippen molar-refractivity contribution in [1.29, 1.82) is 0 Å². The Morgan fingerprint density at radius 3 is 1.59 bits per heavy atom. The second-order valence-corrected chi connectivity index (χ2v) is 46.0. The third kappa shape index (κ3) is 1.83. The fraction of sp³-hybridized carbons (Fsp3) is 1.00. The first-order valence-corrected chi connectivity index (χ1v) is 21.1. The molecule has 0 radical (unpaired) electrons. The molecule has 0 spiro atoms. The van der Waals surface area contributed by atoms with Crippen LogP contribution in [-0.4, -0.2) is 54.2 Å². The molecule has 1 aliphatic heterocycles. The molecule has 1 fully saturated rings. The van der Waals surface area contributed by atoms with Crippen molar-refractivity contribution in [2.45, 2.75) is 58.5 Å². The third-order valence-corrected chi connectivity index (χ3v) is 72.3. The first kappa shape index (κ1) is 15.8. The summed E-state index contributed by atoms with van der Waals surface area (Å²) in [6.45, 7) is 20.5. The largest absolute Gasteiger partial charge is 0.419 e. The van der Waals surface area contributed by atoms with E-state index in [9.17, 15) is 0 Å². The molecule has 102 valence electrons. The van der Waals surface area contributed by atoms with Crippen molar-refractivity contribution in [2.24, 2.45) is 0 Å². The SMILES string of the molecule is CC1O[Si](C)(C)[Si](C)(C)[Si](C)(C)[Si]1(C)N(C)C. The van der Waals surface area contributed by atoms with Gasteiger partial charge in [0.1, 0.15) is 7.75 Å². The first-order valence-electron chi connectivity index (χ1n) is 6.67. The summed E-state index contributed by atoms with van der Waals surface area (Å²) in [4.78, 5) is 0. The molecular formula is C11H31NOSi4. The molecule has 17 heavy (non-hydrogen) atoms. The average Bonchev–Trinajstić information content (AvgIpc) is 2.12. The summed E-state index contributed by atoms with van der Waals surface area (Å²) in [7, 11) is -0.675. The highest BCUT2D eigenvalue weighted by Gasteiger charge is 2.68. The summed E-state index contributed by atoms with van der Waals surface area (Å²) in [5, 5.41) is 0. The molecule has 0 aromatic heterocycles. The van der Waals surface area contributed by atoms with E-state index in [0.717, 1.165) is 0 Å². The molecule has 1 saturated heterocycles. The summed E-state index contributed by atoms with van der Waals surface area (Å²) in [6.07, 6.45) is 0. The van der Waals surface area contributed by atoms with Crippen LogP contribution in [0, 0.1) is 0 Å². The van der Waals surface area contributed by atoms with E-state index in [1.54, 1.807) is 0 Å². The summed E-state index contributed by atoms with van der Waals surface area (Å²) in [5.74, 6) is 0. The zero-order chi connectivity index (χ0) is 13.9. The maximum absolute atomic E-state index is 6.66. The Kier molecular flexibility index (Phi) is 3.86. The minimum absolute atomic E-state index is 0.515. The molecule has 2 nitrogen and oxygen atoms in total. The highest BCUT2D eigenvalue weighted by atomic mass is 29.8. The van der Waals surface area contributed by atoms with Crippen LogP contribution in [0.15, 0.2) is 0 Å². The van der Waals surface area contributed by atoms with E-state index < -0.39 is 29.8 Å². The summed E-state index contributed by atoms with van der Waals surface area (Å²) >= 11 is 0. The van der Waals surface area contributed by atoms with Gasteiger partial charge in [-0.3, -0.25) is 0 Å². The Hall–Kier alpha value is 0.788. The highest BCUT2D eigenvalue weighted by Crippen LogP contribution is 2.43. The van der Waals surface area contributed by atoms with E-state index in [1.807, 2.05) is 0 Å². The second-order valence-electron chi connectivity index (χ2n) is 7.56. The van der Waals surface area contributed by atoms with Crippen LogP contribution in [0.3, 0.4) is 0 Å². The Morgan fingerprint density at radius 2 is 1.24 bits per heavy atom. The lowest BCUT2D eigenvalue weighted by Gasteiger charge is -2.64. The predicted octanol–water partition coefficient (Wildman–Crippen LogP) is 2.94. The minimum Gasteiger partial charge on any atom is -0.419 e. The molecule has 0 amide bonds. The standard InChI is InChI=1S/C11H31NOSi4/c1-11-13-14(4,5)15(6,7)16(8,9)17(11,10)12(2)3/h11H,1-10H3. The molecule has 0 aromatic carbocycles. The Labute approximate surface area is 111 Å². The van der Waals surface area contributed by atoms with Crippen LogP contribution in [-0.2, 0) is 4.43 Å². The second kappa shape index (κ2) is 4.14. The Morgan fingerprint density at radius 1 is 0.824 bits per heavy atom. The molecule has 0 bridgehead atoms. The molecule has 6 heteroatoms. The molecule has 2 atom stereocenters. The van der Waals surface area contributed by atoms with Crippen molar-refractivity contribution in [2.75, 3.05) is 14.1 Å². The predicted molar refractivity (Wildman–Crippen MR) is 88.3 cm³/mol. The van der Waals surface area contributed by atoms with Crippen molar-refractivity contribution in [3.63, 3.8) is 0 Å². The van der Waals surface area contributed by atoms with Crippen molar-refractivity contribution in [3.8, 4) is 0 Å². The molecule has 1 aliphatic rings. The zero-order valence-electron chi connectivity index (χ0n) is 13.4. The maximum Gasteiger partial charge on any atom is 0.171 e. The van der Waals surface area contributed by atoms with Gasteiger partial charge in [0.25, 0.3) is 0 Å². The lowest BCUT2D eigenvalue weighted by atomic mass is 10.9. The number of nitrogens with zero attached hydrogens (tertiary/aromatic N) is 1. The van der Waals surface area contributed by atoms with Crippen LogP contribution in [0.2, 0.25) is 45.8 Å². The van der Waals surface area contributed by atoms with E-state index in [-0.39, 0.29) is 0 Å². The molecule has 0 aliphatic carbocycles. The van der Waals surface area contributed by atoms with Crippen molar-refractivity contribution >= 4 is 29.8 Å². The summed E-state index contributed by atoms with van der Waals surface area (Å²) in [6, 6.07) is 0. The molecule has 0 aromatic rings. The van der Waals surface area contributed by atoms with Crippen LogP contribution in [0.25, 0.3) is 0 Å². The summed E-state index contributed by atoms with van der Waals surface area (Å²) < 4.78 is 9.24. The fourth-order valence-electron chi connectivity index (χ4n) is 3.52. The third-order valence-electron chi connectivity index (χ3n) is 6.53. The average molecular weight is 306 g/mol. The first-order chi connectivity index (χ1) is 7.32. The molecule has 2 unspecified atom stereocenters. The van der Waals surface area contributed by atoms with E-state index >= 15 is 0 Å². The van der Waals surface area contributed by atoms with E-state index in [0.29, 0.717) is 5.73 Å². The van der Waals surface area contributed by atoms with Gasteiger partial charge < -0.3 is 8.99 Å². The van der Waals surface area contributed by atoms with Gasteiger partial charge in [-0.25, -0.2) is 0 Å². The van der Waals surface area contributed by atoms with Crippen LogP contribution in [0.1, 0.15) is 6.92 Å². The molecular weight excluding hydrogens is 274 g/mol. The topological polar surface area (TPSA) is 12.5 Å². The van der Waals surface area contributed by atoms with Gasteiger partial charge in [0, 0.05) is 5.73 Å². The quantitative estimate of drug-likeness (QED) is 0.691. The van der Waals surface area contributed by atoms with Crippen LogP contribution in [0.5, 0.6) is 0 Å². The Bertz CT molecular complexity index is 317.